The molecule has 0 aliphatic carbocycles. The van der Waals surface area contributed by atoms with Crippen molar-refractivity contribution in [3.8, 4) is 6.07 Å². The summed E-state index contributed by atoms with van der Waals surface area (Å²) >= 11 is 0. The molecule has 0 aliphatic rings. The molecule has 0 radical (unpaired) electrons. The van der Waals surface area contributed by atoms with Gasteiger partial charge in [0.05, 0.1) is 0 Å². The SMILES string of the molecule is Cc1c(CN[C@H](Cc2ccccc2)CN(C)C)cc(C#N)n1C. The van der Waals surface area contributed by atoms with Crippen LogP contribution in [0.1, 0.15) is 22.5 Å². The highest BCUT2D eigenvalue weighted by Crippen LogP contribution is 2.14. The second-order valence-corrected chi connectivity index (χ2v) is 6.34. The first-order valence-corrected chi connectivity index (χ1v) is 7.98. The Balaban J connectivity index is 2.05. The Bertz CT molecular complexity index is 665. The molecular weight excluding hydrogens is 284 g/mol. The third-order valence-corrected chi connectivity index (χ3v) is 4.25. The van der Waals surface area contributed by atoms with E-state index in [1.807, 2.05) is 17.7 Å². The molecule has 4 heteroatoms. The highest BCUT2D eigenvalue weighted by molar-refractivity contribution is 5.34. The van der Waals surface area contributed by atoms with Crippen LogP contribution in [0, 0.1) is 18.3 Å². The molecule has 2 rings (SSSR count). The monoisotopic (exact) mass is 310 g/mol. The maximum atomic E-state index is 9.15. The van der Waals surface area contributed by atoms with Gasteiger partial charge in [0.2, 0.25) is 0 Å². The molecule has 0 unspecified atom stereocenters. The van der Waals surface area contributed by atoms with Crippen molar-refractivity contribution in [2.75, 3.05) is 20.6 Å². The van der Waals surface area contributed by atoms with E-state index in [0.717, 1.165) is 25.2 Å². The number of nitrogens with one attached hydrogen (secondary N) is 1. The summed E-state index contributed by atoms with van der Waals surface area (Å²) in [5, 5.41) is 12.8. The van der Waals surface area contributed by atoms with Crippen LogP contribution in [0.15, 0.2) is 36.4 Å². The topological polar surface area (TPSA) is 44.0 Å². The lowest BCUT2D eigenvalue weighted by Gasteiger charge is -2.22. The van der Waals surface area contributed by atoms with Crippen LogP contribution in [0.2, 0.25) is 0 Å². The van der Waals surface area contributed by atoms with E-state index in [0.29, 0.717) is 11.7 Å². The van der Waals surface area contributed by atoms with E-state index in [-0.39, 0.29) is 0 Å². The molecule has 1 N–H and O–H groups in total. The van der Waals surface area contributed by atoms with Gasteiger partial charge in [0, 0.05) is 31.9 Å². The Morgan fingerprint density at radius 1 is 1.26 bits per heavy atom. The Kier molecular flexibility index (Phi) is 5.97. The van der Waals surface area contributed by atoms with Gasteiger partial charge in [-0.25, -0.2) is 0 Å². The lowest BCUT2D eigenvalue weighted by Crippen LogP contribution is -2.39. The largest absolute Gasteiger partial charge is 0.340 e. The van der Waals surface area contributed by atoms with Crippen LogP contribution in [0.5, 0.6) is 0 Å². The molecular formula is C19H26N4. The minimum Gasteiger partial charge on any atom is -0.340 e. The van der Waals surface area contributed by atoms with Crippen LogP contribution >= 0.6 is 0 Å². The summed E-state index contributed by atoms with van der Waals surface area (Å²) in [6, 6.07) is 15.2. The molecule has 0 saturated heterocycles. The maximum Gasteiger partial charge on any atom is 0.120 e. The minimum atomic E-state index is 0.373. The third-order valence-electron chi connectivity index (χ3n) is 4.25. The predicted molar refractivity (Wildman–Crippen MR) is 94.2 cm³/mol. The first kappa shape index (κ1) is 17.3. The maximum absolute atomic E-state index is 9.15. The molecule has 4 nitrogen and oxygen atoms in total. The van der Waals surface area contributed by atoms with Gasteiger partial charge in [-0.15, -0.1) is 0 Å². The van der Waals surface area contributed by atoms with Crippen molar-refractivity contribution in [2.45, 2.75) is 25.9 Å². The van der Waals surface area contributed by atoms with Crippen LogP contribution in [0.3, 0.4) is 0 Å². The zero-order chi connectivity index (χ0) is 16.8. The smallest absolute Gasteiger partial charge is 0.120 e. The van der Waals surface area contributed by atoms with Gasteiger partial charge in [0.25, 0.3) is 0 Å². The van der Waals surface area contributed by atoms with Crippen LogP contribution < -0.4 is 5.32 Å². The van der Waals surface area contributed by atoms with Gasteiger partial charge in [-0.05, 0) is 44.6 Å². The van der Waals surface area contributed by atoms with Crippen LogP contribution in [-0.4, -0.2) is 36.1 Å². The van der Waals surface area contributed by atoms with Crippen molar-refractivity contribution in [3.05, 3.63) is 58.9 Å². The lowest BCUT2D eigenvalue weighted by molar-refractivity contribution is 0.334. The van der Waals surface area contributed by atoms with Gasteiger partial charge in [0.15, 0.2) is 0 Å². The quantitative estimate of drug-likeness (QED) is 0.854. The zero-order valence-corrected chi connectivity index (χ0v) is 14.5. The van der Waals surface area contributed by atoms with Gasteiger partial charge < -0.3 is 14.8 Å². The van der Waals surface area contributed by atoms with Gasteiger partial charge >= 0.3 is 0 Å². The molecule has 1 heterocycles. The molecule has 2 aromatic rings. The van der Waals surface area contributed by atoms with Crippen molar-refractivity contribution >= 4 is 0 Å². The van der Waals surface area contributed by atoms with E-state index < -0.39 is 0 Å². The first-order valence-electron chi connectivity index (χ1n) is 7.98. The number of likely N-dealkylation sites (N-methyl/N-ethyl adjacent to an activating group) is 1. The summed E-state index contributed by atoms with van der Waals surface area (Å²) < 4.78 is 1.95. The number of benzene rings is 1. The van der Waals surface area contributed by atoms with Gasteiger partial charge in [-0.3, -0.25) is 0 Å². The van der Waals surface area contributed by atoms with E-state index in [4.69, 9.17) is 5.26 Å². The summed E-state index contributed by atoms with van der Waals surface area (Å²) in [6.07, 6.45) is 0.996. The van der Waals surface area contributed by atoms with Crippen molar-refractivity contribution in [2.24, 2.45) is 7.05 Å². The standard InChI is InChI=1S/C19H26N4/c1-15-17(11-19(12-20)23(15)4)13-21-18(14-22(2)3)10-16-8-6-5-7-9-16/h5-9,11,18,21H,10,13-14H2,1-4H3/t18-/m1/s1. The minimum absolute atomic E-state index is 0.373. The predicted octanol–water partition coefficient (Wildman–Crippen LogP) is 2.47. The highest BCUT2D eigenvalue weighted by Gasteiger charge is 2.13. The second kappa shape index (κ2) is 7.96. The lowest BCUT2D eigenvalue weighted by atomic mass is 10.1. The normalized spacial score (nSPS) is 12.3. The van der Waals surface area contributed by atoms with Crippen molar-refractivity contribution in [3.63, 3.8) is 0 Å². The summed E-state index contributed by atoms with van der Waals surface area (Å²) in [6.45, 7) is 3.83. The van der Waals surface area contributed by atoms with Gasteiger partial charge in [-0.1, -0.05) is 30.3 Å². The average Bonchev–Trinajstić information content (AvgIpc) is 2.80. The van der Waals surface area contributed by atoms with Gasteiger partial charge in [0.1, 0.15) is 11.8 Å². The summed E-state index contributed by atoms with van der Waals surface area (Å²) in [4.78, 5) is 2.21. The number of rotatable bonds is 7. The Hall–Kier alpha value is -2.09. The number of nitrogens with zero attached hydrogens (tertiary/aromatic N) is 3. The van der Waals surface area contributed by atoms with Crippen LogP contribution in [0.4, 0.5) is 0 Å². The Morgan fingerprint density at radius 2 is 1.96 bits per heavy atom. The number of aromatic nitrogens is 1. The summed E-state index contributed by atoms with van der Waals surface area (Å²) in [7, 11) is 6.14. The molecule has 0 saturated carbocycles. The van der Waals surface area contributed by atoms with E-state index >= 15 is 0 Å². The third kappa shape index (κ3) is 4.69. The van der Waals surface area contributed by atoms with Crippen molar-refractivity contribution in [1.29, 1.82) is 5.26 Å². The zero-order valence-electron chi connectivity index (χ0n) is 14.5. The average molecular weight is 310 g/mol. The molecule has 23 heavy (non-hydrogen) atoms. The molecule has 0 bridgehead atoms. The molecule has 1 aromatic carbocycles. The fourth-order valence-corrected chi connectivity index (χ4v) is 2.84. The number of hydrogen-bond acceptors (Lipinski definition) is 3. The Labute approximate surface area is 139 Å². The van der Waals surface area contributed by atoms with E-state index in [9.17, 15) is 0 Å². The molecule has 0 spiro atoms. The molecule has 0 aliphatic heterocycles. The van der Waals surface area contributed by atoms with Crippen molar-refractivity contribution in [1.82, 2.24) is 14.8 Å². The molecule has 1 atom stereocenters. The molecule has 1 aromatic heterocycles. The fourth-order valence-electron chi connectivity index (χ4n) is 2.84. The summed E-state index contributed by atoms with van der Waals surface area (Å²) in [5.41, 5.74) is 4.40. The van der Waals surface area contributed by atoms with Gasteiger partial charge in [-0.2, -0.15) is 5.26 Å². The van der Waals surface area contributed by atoms with E-state index in [2.05, 4.69) is 67.6 Å². The first-order chi connectivity index (χ1) is 11.0. The van der Waals surface area contributed by atoms with Crippen LogP contribution in [0.25, 0.3) is 0 Å². The molecule has 122 valence electrons. The second-order valence-electron chi connectivity index (χ2n) is 6.34. The highest BCUT2D eigenvalue weighted by atomic mass is 15.1. The van der Waals surface area contributed by atoms with E-state index in [1.54, 1.807) is 0 Å². The van der Waals surface area contributed by atoms with Crippen molar-refractivity contribution < 1.29 is 0 Å². The van der Waals surface area contributed by atoms with E-state index in [1.165, 1.54) is 11.1 Å². The summed E-state index contributed by atoms with van der Waals surface area (Å²) in [5.74, 6) is 0. The van der Waals surface area contributed by atoms with Crippen LogP contribution in [-0.2, 0) is 20.0 Å². The molecule has 0 amide bonds. The number of hydrogen-bond donors (Lipinski definition) is 1. The fraction of sp³-hybridized carbons (Fsp3) is 0.421. The Morgan fingerprint density at radius 3 is 2.52 bits per heavy atom. The molecule has 0 fully saturated rings. The number of nitriles is 1.